The van der Waals surface area contributed by atoms with Gasteiger partial charge in [0, 0.05) is 12.6 Å². The van der Waals surface area contributed by atoms with Crippen LogP contribution in [0.3, 0.4) is 0 Å². The van der Waals surface area contributed by atoms with Crippen LogP contribution in [0.5, 0.6) is 5.75 Å². The largest absolute Gasteiger partial charge is 0.493 e. The molecule has 0 radical (unpaired) electrons. The summed E-state index contributed by atoms with van der Waals surface area (Å²) in [6, 6.07) is 14.0. The van der Waals surface area contributed by atoms with Gasteiger partial charge in [0.2, 0.25) is 0 Å². The fourth-order valence-electron chi connectivity index (χ4n) is 1.78. The molecule has 3 nitrogen and oxygen atoms in total. The third kappa shape index (κ3) is 3.64. The molecular weight excluding hydrogens is 304 g/mol. The smallest absolute Gasteiger partial charge is 0.135 e. The highest BCUT2D eigenvalue weighted by Gasteiger charge is 2.07. The number of ether oxygens (including phenoxy) is 1. The molecule has 0 aliphatic carbocycles. The van der Waals surface area contributed by atoms with Crippen LogP contribution in [0.2, 0.25) is 0 Å². The molecule has 0 aliphatic heterocycles. The average molecular weight is 321 g/mol. The summed E-state index contributed by atoms with van der Waals surface area (Å²) in [6.07, 6.45) is 0. The van der Waals surface area contributed by atoms with Crippen molar-refractivity contribution >= 4 is 27.3 Å². The van der Waals surface area contributed by atoms with E-state index in [1.165, 1.54) is 5.56 Å². The highest BCUT2D eigenvalue weighted by Crippen LogP contribution is 2.33. The predicted octanol–water partition coefficient (Wildman–Crippen LogP) is 4.04. The summed E-state index contributed by atoms with van der Waals surface area (Å²) < 4.78 is 6.41. The van der Waals surface area contributed by atoms with Gasteiger partial charge in [0.15, 0.2) is 0 Å². The van der Waals surface area contributed by atoms with Crippen molar-refractivity contribution < 1.29 is 4.74 Å². The predicted molar refractivity (Wildman–Crippen MR) is 83.5 cm³/mol. The lowest BCUT2D eigenvalue weighted by molar-refractivity contribution is 0.338. The minimum Gasteiger partial charge on any atom is -0.493 e. The zero-order chi connectivity index (χ0) is 13.7. The Morgan fingerprint density at radius 2 is 1.95 bits per heavy atom. The van der Waals surface area contributed by atoms with E-state index in [9.17, 15) is 0 Å². The summed E-state index contributed by atoms with van der Waals surface area (Å²) in [5.41, 5.74) is 8.80. The number of halogens is 1. The van der Waals surface area contributed by atoms with Gasteiger partial charge in [0.1, 0.15) is 5.75 Å². The zero-order valence-electron chi connectivity index (χ0n) is 10.8. The van der Waals surface area contributed by atoms with Crippen molar-refractivity contribution in [3.05, 3.63) is 52.5 Å². The fourth-order valence-corrected chi connectivity index (χ4v) is 2.26. The minimum atomic E-state index is 0.626. The van der Waals surface area contributed by atoms with Crippen LogP contribution in [0, 0.1) is 0 Å². The van der Waals surface area contributed by atoms with Crippen LogP contribution in [-0.2, 0) is 6.54 Å². The molecule has 0 unspecified atom stereocenters. The van der Waals surface area contributed by atoms with Crippen LogP contribution in [0.25, 0.3) is 0 Å². The number of rotatable bonds is 5. The molecule has 0 spiro atoms. The van der Waals surface area contributed by atoms with E-state index in [-0.39, 0.29) is 0 Å². The van der Waals surface area contributed by atoms with E-state index in [1.54, 1.807) is 0 Å². The fraction of sp³-hybridized carbons (Fsp3) is 0.200. The number of anilines is 2. The van der Waals surface area contributed by atoms with Gasteiger partial charge >= 0.3 is 0 Å². The van der Waals surface area contributed by atoms with Gasteiger partial charge in [-0.15, -0.1) is 0 Å². The lowest BCUT2D eigenvalue weighted by Crippen LogP contribution is -2.03. The molecule has 19 heavy (non-hydrogen) atoms. The van der Waals surface area contributed by atoms with Crippen LogP contribution in [0.15, 0.2) is 46.9 Å². The highest BCUT2D eigenvalue weighted by molar-refractivity contribution is 9.10. The van der Waals surface area contributed by atoms with E-state index in [2.05, 4.69) is 33.4 Å². The molecule has 3 N–H and O–H groups in total. The van der Waals surface area contributed by atoms with Crippen LogP contribution >= 0.6 is 15.9 Å². The van der Waals surface area contributed by atoms with Crippen molar-refractivity contribution in [2.24, 2.45) is 0 Å². The summed E-state index contributed by atoms with van der Waals surface area (Å²) in [4.78, 5) is 0. The first-order valence-corrected chi connectivity index (χ1v) is 6.99. The third-order valence-electron chi connectivity index (χ3n) is 2.73. The van der Waals surface area contributed by atoms with Crippen LogP contribution in [-0.4, -0.2) is 6.61 Å². The molecule has 4 heteroatoms. The van der Waals surface area contributed by atoms with Crippen molar-refractivity contribution in [2.75, 3.05) is 17.7 Å². The van der Waals surface area contributed by atoms with E-state index in [4.69, 9.17) is 10.5 Å². The highest BCUT2D eigenvalue weighted by atomic mass is 79.9. The van der Waals surface area contributed by atoms with Crippen LogP contribution in [0.1, 0.15) is 12.5 Å². The number of hydrogen-bond donors (Lipinski definition) is 2. The normalized spacial score (nSPS) is 10.2. The first-order chi connectivity index (χ1) is 9.20. The van der Waals surface area contributed by atoms with Gasteiger partial charge in [-0.3, -0.25) is 0 Å². The Kier molecular flexibility index (Phi) is 4.68. The molecule has 100 valence electrons. The molecule has 0 aliphatic rings. The zero-order valence-corrected chi connectivity index (χ0v) is 12.4. The Morgan fingerprint density at radius 3 is 2.63 bits per heavy atom. The van der Waals surface area contributed by atoms with Crippen molar-refractivity contribution in [3.8, 4) is 5.75 Å². The van der Waals surface area contributed by atoms with Gasteiger partial charge in [-0.2, -0.15) is 0 Å². The average Bonchev–Trinajstić information content (AvgIpc) is 2.42. The van der Waals surface area contributed by atoms with Gasteiger partial charge in [0.05, 0.1) is 22.5 Å². The SMILES string of the molecule is CCOc1cc(NCc2ccccc2)c(N)cc1Br. The maximum atomic E-state index is 6.00. The molecule has 2 aromatic carbocycles. The van der Waals surface area contributed by atoms with Crippen LogP contribution < -0.4 is 15.8 Å². The molecule has 0 heterocycles. The molecule has 0 aromatic heterocycles. The summed E-state index contributed by atoms with van der Waals surface area (Å²) in [6.45, 7) is 3.32. The quantitative estimate of drug-likeness (QED) is 0.817. The first kappa shape index (κ1) is 13.7. The molecule has 0 atom stereocenters. The Bertz CT molecular complexity index is 543. The summed E-state index contributed by atoms with van der Waals surface area (Å²) in [5, 5.41) is 3.33. The second-order valence-corrected chi connectivity index (χ2v) is 5.00. The van der Waals surface area contributed by atoms with Crippen molar-refractivity contribution in [3.63, 3.8) is 0 Å². The Balaban J connectivity index is 2.13. The second-order valence-electron chi connectivity index (χ2n) is 4.14. The van der Waals surface area contributed by atoms with Crippen LogP contribution in [0.4, 0.5) is 11.4 Å². The maximum absolute atomic E-state index is 6.00. The van der Waals surface area contributed by atoms with Gasteiger partial charge in [-0.1, -0.05) is 30.3 Å². The third-order valence-corrected chi connectivity index (χ3v) is 3.35. The summed E-state index contributed by atoms with van der Waals surface area (Å²) in [5.74, 6) is 0.798. The molecule has 0 saturated heterocycles. The van der Waals surface area contributed by atoms with E-state index < -0.39 is 0 Å². The van der Waals surface area contributed by atoms with Gasteiger partial charge < -0.3 is 15.8 Å². The number of nitrogens with two attached hydrogens (primary N) is 1. The van der Waals surface area contributed by atoms with E-state index in [0.29, 0.717) is 12.3 Å². The lowest BCUT2D eigenvalue weighted by Gasteiger charge is -2.13. The Hall–Kier alpha value is -1.68. The van der Waals surface area contributed by atoms with Crippen molar-refractivity contribution in [1.82, 2.24) is 0 Å². The second kappa shape index (κ2) is 6.48. The van der Waals surface area contributed by atoms with E-state index >= 15 is 0 Å². The van der Waals surface area contributed by atoms with Gasteiger partial charge in [-0.05, 0) is 34.5 Å². The van der Waals surface area contributed by atoms with Gasteiger partial charge in [0.25, 0.3) is 0 Å². The standard InChI is InChI=1S/C15H17BrN2O/c1-2-19-15-9-14(13(17)8-12(15)16)18-10-11-6-4-3-5-7-11/h3-9,18H,2,10,17H2,1H3. The van der Waals surface area contributed by atoms with E-state index in [0.717, 1.165) is 22.5 Å². The van der Waals surface area contributed by atoms with E-state index in [1.807, 2.05) is 37.3 Å². The Morgan fingerprint density at radius 1 is 1.21 bits per heavy atom. The maximum Gasteiger partial charge on any atom is 0.135 e. The topological polar surface area (TPSA) is 47.3 Å². The molecule has 0 fully saturated rings. The molecule has 2 aromatic rings. The summed E-state index contributed by atoms with van der Waals surface area (Å²) in [7, 11) is 0. The molecule has 2 rings (SSSR count). The number of nitrogen functional groups attached to an aromatic ring is 1. The molecule has 0 amide bonds. The molecule has 0 bridgehead atoms. The lowest BCUT2D eigenvalue weighted by atomic mass is 10.2. The van der Waals surface area contributed by atoms with Crippen molar-refractivity contribution in [2.45, 2.75) is 13.5 Å². The minimum absolute atomic E-state index is 0.626. The summed E-state index contributed by atoms with van der Waals surface area (Å²) >= 11 is 3.45. The number of benzene rings is 2. The molecular formula is C15H17BrN2O. The van der Waals surface area contributed by atoms with Crippen molar-refractivity contribution in [1.29, 1.82) is 0 Å². The first-order valence-electron chi connectivity index (χ1n) is 6.20. The molecule has 0 saturated carbocycles. The number of hydrogen-bond acceptors (Lipinski definition) is 3. The Labute approximate surface area is 121 Å². The monoisotopic (exact) mass is 320 g/mol. The van der Waals surface area contributed by atoms with Gasteiger partial charge in [-0.25, -0.2) is 0 Å². The number of nitrogens with one attached hydrogen (secondary N) is 1.